The molecule has 4 atom stereocenters. The molecule has 8 heteroatoms. The second-order valence-corrected chi connectivity index (χ2v) is 10.3. The van der Waals surface area contributed by atoms with Gasteiger partial charge in [0.25, 0.3) is 0 Å². The van der Waals surface area contributed by atoms with Gasteiger partial charge >= 0.3 is 12.1 Å². The average molecular weight is 481 g/mol. The Balaban J connectivity index is 1.13. The van der Waals surface area contributed by atoms with E-state index < -0.39 is 18.1 Å². The molecule has 1 saturated heterocycles. The topological polar surface area (TPSA) is 95.9 Å². The van der Waals surface area contributed by atoms with Gasteiger partial charge in [-0.1, -0.05) is 55.5 Å². The number of nitrogens with one attached hydrogen (secondary N) is 1. The minimum Gasteiger partial charge on any atom is -0.480 e. The van der Waals surface area contributed by atoms with Crippen LogP contribution in [0.3, 0.4) is 0 Å². The predicted octanol–water partition coefficient (Wildman–Crippen LogP) is 3.93. The zero-order chi connectivity index (χ0) is 23.8. The van der Waals surface area contributed by atoms with Crippen LogP contribution in [0, 0.1) is 11.8 Å². The van der Waals surface area contributed by atoms with Gasteiger partial charge in [0, 0.05) is 24.1 Å². The molecule has 178 valence electrons. The van der Waals surface area contributed by atoms with Gasteiger partial charge in [0.2, 0.25) is 5.91 Å². The number of alkyl carbamates (subject to hydrolysis) is 1. The fraction of sp³-hybridized carbons (Fsp3) is 0.423. The summed E-state index contributed by atoms with van der Waals surface area (Å²) in [5.41, 5.74) is 4.67. The van der Waals surface area contributed by atoms with Gasteiger partial charge in [0.05, 0.1) is 5.37 Å². The number of carboxylic acid groups (broad SMARTS) is 1. The third-order valence-electron chi connectivity index (χ3n) is 7.07. The van der Waals surface area contributed by atoms with E-state index in [0.29, 0.717) is 18.7 Å². The second kappa shape index (κ2) is 9.33. The van der Waals surface area contributed by atoms with Crippen LogP contribution in [-0.4, -0.2) is 58.3 Å². The fourth-order valence-electron chi connectivity index (χ4n) is 5.19. The lowest BCUT2D eigenvalue weighted by atomic mass is 9.98. The smallest absolute Gasteiger partial charge is 0.407 e. The van der Waals surface area contributed by atoms with Crippen LogP contribution in [0.5, 0.6) is 0 Å². The average Bonchev–Trinajstić information content (AvgIpc) is 3.38. The van der Waals surface area contributed by atoms with Gasteiger partial charge in [-0.05, 0) is 41.0 Å². The first-order valence-corrected chi connectivity index (χ1v) is 12.8. The Morgan fingerprint density at radius 1 is 1.09 bits per heavy atom. The van der Waals surface area contributed by atoms with Gasteiger partial charge in [-0.2, -0.15) is 0 Å². The molecule has 2 fully saturated rings. The van der Waals surface area contributed by atoms with E-state index in [-0.39, 0.29) is 35.6 Å². The molecule has 0 aromatic heterocycles. The Morgan fingerprint density at radius 3 is 2.35 bits per heavy atom. The van der Waals surface area contributed by atoms with E-state index in [9.17, 15) is 19.5 Å². The molecule has 34 heavy (non-hydrogen) atoms. The Hall–Kier alpha value is -3.00. The number of carbonyl (C=O) groups is 3. The number of fused-ring (bicyclic) bond motifs is 3. The van der Waals surface area contributed by atoms with Crippen LogP contribution in [0.2, 0.25) is 0 Å². The number of hydrogen-bond donors (Lipinski definition) is 2. The molecule has 2 aromatic carbocycles. The lowest BCUT2D eigenvalue weighted by Crippen LogP contribution is -2.46. The number of benzene rings is 2. The fourth-order valence-corrected chi connectivity index (χ4v) is 6.55. The molecule has 2 aromatic rings. The number of carbonyl (C=O) groups excluding carboxylic acids is 2. The predicted molar refractivity (Wildman–Crippen MR) is 129 cm³/mol. The normalized spacial score (nSPS) is 24.9. The maximum absolute atomic E-state index is 13.0. The maximum Gasteiger partial charge on any atom is 0.407 e. The summed E-state index contributed by atoms with van der Waals surface area (Å²) in [4.78, 5) is 38.5. The first kappa shape index (κ1) is 22.8. The van der Waals surface area contributed by atoms with Crippen molar-refractivity contribution < 1.29 is 24.2 Å². The van der Waals surface area contributed by atoms with Crippen LogP contribution in [0.25, 0.3) is 11.1 Å². The third-order valence-corrected chi connectivity index (χ3v) is 8.53. The molecule has 3 aliphatic rings. The monoisotopic (exact) mass is 480 g/mol. The zero-order valence-corrected chi connectivity index (χ0v) is 19.8. The van der Waals surface area contributed by atoms with Crippen LogP contribution < -0.4 is 5.32 Å². The number of nitrogens with zero attached hydrogens (tertiary/aromatic N) is 1. The summed E-state index contributed by atoms with van der Waals surface area (Å²) < 4.78 is 5.57. The SMILES string of the molecule is CCC1SCC(C(=O)O)N1C(=O)C1CC1CNC(=O)OCC1c2ccccc2-c2ccccc21. The first-order chi connectivity index (χ1) is 16.5. The van der Waals surface area contributed by atoms with E-state index in [0.717, 1.165) is 17.5 Å². The van der Waals surface area contributed by atoms with Crippen molar-refractivity contribution in [3.05, 3.63) is 59.7 Å². The number of amides is 2. The Morgan fingerprint density at radius 2 is 1.74 bits per heavy atom. The second-order valence-electron chi connectivity index (χ2n) is 9.10. The van der Waals surface area contributed by atoms with Gasteiger partial charge in [-0.3, -0.25) is 4.79 Å². The number of aliphatic carboxylic acids is 1. The van der Waals surface area contributed by atoms with E-state index in [1.165, 1.54) is 22.9 Å². The van der Waals surface area contributed by atoms with Gasteiger partial charge < -0.3 is 20.1 Å². The van der Waals surface area contributed by atoms with Crippen molar-refractivity contribution >= 4 is 29.7 Å². The van der Waals surface area contributed by atoms with E-state index in [1.54, 1.807) is 4.90 Å². The molecular formula is C26H28N2O5S. The third kappa shape index (κ3) is 4.15. The van der Waals surface area contributed by atoms with E-state index in [2.05, 4.69) is 29.6 Å². The first-order valence-electron chi connectivity index (χ1n) is 11.7. The van der Waals surface area contributed by atoms with Gasteiger partial charge in [-0.25, -0.2) is 9.59 Å². The standard InChI is InChI=1S/C26H28N2O5S/c1-2-23-28(22(14-34-23)25(30)31)24(29)20-11-15(20)12-27-26(32)33-13-21-18-9-5-3-7-16(18)17-8-4-6-10-19(17)21/h3-10,15,20-23H,2,11-14H2,1H3,(H,27,32)(H,30,31). The van der Waals surface area contributed by atoms with Crippen molar-refractivity contribution in [2.45, 2.75) is 37.1 Å². The lowest BCUT2D eigenvalue weighted by Gasteiger charge is -2.27. The van der Waals surface area contributed by atoms with Gasteiger partial charge in [0.1, 0.15) is 12.6 Å². The number of ether oxygens (including phenoxy) is 1. The van der Waals surface area contributed by atoms with Crippen LogP contribution in [-0.2, 0) is 14.3 Å². The highest BCUT2D eigenvalue weighted by molar-refractivity contribution is 8.00. The summed E-state index contributed by atoms with van der Waals surface area (Å²) in [5, 5.41) is 12.2. The molecule has 7 nitrogen and oxygen atoms in total. The summed E-state index contributed by atoms with van der Waals surface area (Å²) in [6.45, 7) is 2.56. The maximum atomic E-state index is 13.0. The van der Waals surface area contributed by atoms with Crippen molar-refractivity contribution in [2.24, 2.45) is 11.8 Å². The van der Waals surface area contributed by atoms with Gasteiger partial charge in [0.15, 0.2) is 0 Å². The number of thioether (sulfide) groups is 1. The zero-order valence-electron chi connectivity index (χ0n) is 19.0. The van der Waals surface area contributed by atoms with Crippen LogP contribution >= 0.6 is 11.8 Å². The molecule has 2 amide bonds. The summed E-state index contributed by atoms with van der Waals surface area (Å²) in [5.74, 6) is -0.849. The summed E-state index contributed by atoms with van der Waals surface area (Å²) in [7, 11) is 0. The summed E-state index contributed by atoms with van der Waals surface area (Å²) in [6.07, 6.45) is 0.883. The Bertz CT molecular complexity index is 1080. The molecule has 2 aliphatic carbocycles. The molecule has 1 saturated carbocycles. The molecule has 0 radical (unpaired) electrons. The van der Waals surface area contributed by atoms with Crippen molar-refractivity contribution in [1.82, 2.24) is 10.2 Å². The molecule has 5 rings (SSSR count). The molecule has 1 aliphatic heterocycles. The van der Waals surface area contributed by atoms with Crippen molar-refractivity contribution in [2.75, 3.05) is 18.9 Å². The van der Waals surface area contributed by atoms with Crippen LogP contribution in [0.4, 0.5) is 4.79 Å². The largest absolute Gasteiger partial charge is 0.480 e. The summed E-state index contributed by atoms with van der Waals surface area (Å²) in [6, 6.07) is 15.6. The number of hydrogen-bond acceptors (Lipinski definition) is 5. The lowest BCUT2D eigenvalue weighted by molar-refractivity contribution is -0.149. The number of rotatable bonds is 7. The highest BCUT2D eigenvalue weighted by atomic mass is 32.2. The van der Waals surface area contributed by atoms with E-state index in [4.69, 9.17) is 4.74 Å². The molecule has 2 N–H and O–H groups in total. The van der Waals surface area contributed by atoms with Crippen molar-refractivity contribution in [1.29, 1.82) is 0 Å². The summed E-state index contributed by atoms with van der Waals surface area (Å²) >= 11 is 1.52. The van der Waals surface area contributed by atoms with Crippen LogP contribution in [0.1, 0.15) is 36.8 Å². The van der Waals surface area contributed by atoms with E-state index in [1.807, 2.05) is 31.2 Å². The minimum absolute atomic E-state index is 0.00000259. The van der Waals surface area contributed by atoms with Crippen molar-refractivity contribution in [3.63, 3.8) is 0 Å². The van der Waals surface area contributed by atoms with Gasteiger partial charge in [-0.15, -0.1) is 11.8 Å². The molecule has 0 bridgehead atoms. The Kier molecular flexibility index (Phi) is 6.25. The van der Waals surface area contributed by atoms with E-state index >= 15 is 0 Å². The molecular weight excluding hydrogens is 452 g/mol. The highest BCUT2D eigenvalue weighted by Gasteiger charge is 2.50. The molecule has 1 heterocycles. The quantitative estimate of drug-likeness (QED) is 0.624. The molecule has 0 spiro atoms. The minimum atomic E-state index is -0.953. The highest BCUT2D eigenvalue weighted by Crippen LogP contribution is 2.45. The Labute approximate surface area is 202 Å². The molecule has 4 unspecified atom stereocenters. The number of carboxylic acids is 1. The van der Waals surface area contributed by atoms with Crippen molar-refractivity contribution in [3.8, 4) is 11.1 Å². The van der Waals surface area contributed by atoms with Crippen LogP contribution in [0.15, 0.2) is 48.5 Å².